The molecular weight excluding hydrogens is 270 g/mol. The molecule has 1 N–H and O–H groups in total. The number of anilines is 1. The predicted molar refractivity (Wildman–Crippen MR) is 75.7 cm³/mol. The summed E-state index contributed by atoms with van der Waals surface area (Å²) in [6.07, 6.45) is 4.90. The van der Waals surface area contributed by atoms with E-state index in [1.165, 1.54) is 0 Å². The number of rotatable bonds is 6. The fourth-order valence-corrected chi connectivity index (χ4v) is 2.26. The molecule has 6 heteroatoms. The molecule has 100 valence electrons. The molecule has 1 heterocycles. The summed E-state index contributed by atoms with van der Waals surface area (Å²) < 4.78 is 11.2. The van der Waals surface area contributed by atoms with Crippen molar-refractivity contribution >= 4 is 28.2 Å². The smallest absolute Gasteiger partial charge is 0.135 e. The van der Waals surface area contributed by atoms with Gasteiger partial charge in [-0.15, -0.1) is 0 Å². The van der Waals surface area contributed by atoms with Crippen LogP contribution < -0.4 is 5.32 Å². The lowest BCUT2D eigenvalue weighted by Gasteiger charge is -2.10. The average Bonchev–Trinajstić information content (AvgIpc) is 3.11. The summed E-state index contributed by atoms with van der Waals surface area (Å²) in [7, 11) is -0.773. The first-order valence-electron chi connectivity index (χ1n) is 6.17. The molecule has 2 rings (SSSR count). The Balaban J connectivity index is 1.90. The highest BCUT2D eigenvalue weighted by molar-refractivity contribution is 7.84. The number of halogens is 1. The summed E-state index contributed by atoms with van der Waals surface area (Å²) in [6, 6.07) is 1.74. The van der Waals surface area contributed by atoms with E-state index in [0.29, 0.717) is 11.1 Å². The summed E-state index contributed by atoms with van der Waals surface area (Å²) >= 11 is 5.97. The van der Waals surface area contributed by atoms with Crippen LogP contribution in [0, 0.1) is 0 Å². The minimum atomic E-state index is -0.773. The number of nitrogens with zero attached hydrogens (tertiary/aromatic N) is 2. The summed E-state index contributed by atoms with van der Waals surface area (Å²) in [4.78, 5) is 8.69. The number of aromatic nitrogens is 2. The van der Waals surface area contributed by atoms with Crippen LogP contribution in [0.5, 0.6) is 0 Å². The van der Waals surface area contributed by atoms with Crippen molar-refractivity contribution < 1.29 is 4.21 Å². The van der Waals surface area contributed by atoms with E-state index in [-0.39, 0.29) is 5.25 Å². The van der Waals surface area contributed by atoms with Crippen LogP contribution >= 0.6 is 11.6 Å². The molecule has 0 aromatic carbocycles. The second-order valence-electron chi connectivity index (χ2n) is 4.73. The molecule has 0 spiro atoms. The van der Waals surface area contributed by atoms with Gasteiger partial charge < -0.3 is 5.32 Å². The fourth-order valence-electron chi connectivity index (χ4n) is 1.62. The molecule has 1 fully saturated rings. The van der Waals surface area contributed by atoms with Crippen molar-refractivity contribution in [1.29, 1.82) is 0 Å². The summed E-state index contributed by atoms with van der Waals surface area (Å²) in [5.41, 5.74) is 0. The Labute approximate surface area is 115 Å². The Kier molecular flexibility index (Phi) is 4.56. The lowest BCUT2D eigenvalue weighted by atomic mass is 10.3. The van der Waals surface area contributed by atoms with E-state index in [1.807, 2.05) is 6.92 Å². The van der Waals surface area contributed by atoms with Crippen molar-refractivity contribution in [3.05, 3.63) is 17.0 Å². The Morgan fingerprint density at radius 3 is 2.89 bits per heavy atom. The van der Waals surface area contributed by atoms with E-state index >= 15 is 0 Å². The average molecular weight is 288 g/mol. The molecular formula is C12H18ClN3OS. The third-order valence-corrected chi connectivity index (χ3v) is 4.64. The Morgan fingerprint density at radius 2 is 2.28 bits per heavy atom. The van der Waals surface area contributed by atoms with Crippen LogP contribution in [-0.2, 0) is 10.8 Å². The summed E-state index contributed by atoms with van der Waals surface area (Å²) in [5.74, 6) is 2.11. The second-order valence-corrected chi connectivity index (χ2v) is 6.92. The highest BCUT2D eigenvalue weighted by Crippen LogP contribution is 2.38. The molecule has 1 aromatic rings. The predicted octanol–water partition coefficient (Wildman–Crippen LogP) is 2.58. The molecule has 0 radical (unpaired) electrons. The fraction of sp³-hybridized carbons (Fsp3) is 0.667. The largest absolute Gasteiger partial charge is 0.370 e. The molecule has 2 unspecified atom stereocenters. The highest BCUT2D eigenvalue weighted by atomic mass is 35.5. The Hall–Kier alpha value is -0.680. The Morgan fingerprint density at radius 1 is 1.56 bits per heavy atom. The maximum absolute atomic E-state index is 11.2. The Bertz CT molecular complexity index is 451. The van der Waals surface area contributed by atoms with Crippen LogP contribution in [0.25, 0.3) is 0 Å². The second kappa shape index (κ2) is 5.97. The third-order valence-electron chi connectivity index (χ3n) is 3.08. The van der Waals surface area contributed by atoms with Gasteiger partial charge in [0.2, 0.25) is 0 Å². The molecule has 1 aromatic heterocycles. The molecule has 1 aliphatic carbocycles. The zero-order valence-corrected chi connectivity index (χ0v) is 12.2. The van der Waals surface area contributed by atoms with Crippen LogP contribution in [0.3, 0.4) is 0 Å². The van der Waals surface area contributed by atoms with E-state index < -0.39 is 10.8 Å². The van der Waals surface area contributed by atoms with Gasteiger partial charge >= 0.3 is 0 Å². The lowest BCUT2D eigenvalue weighted by molar-refractivity contribution is 0.672. The van der Waals surface area contributed by atoms with E-state index in [9.17, 15) is 4.21 Å². The van der Waals surface area contributed by atoms with Crippen molar-refractivity contribution in [2.75, 3.05) is 18.1 Å². The van der Waals surface area contributed by atoms with Crippen LogP contribution in [0.2, 0.25) is 5.15 Å². The van der Waals surface area contributed by atoms with Crippen LogP contribution in [-0.4, -0.2) is 32.2 Å². The van der Waals surface area contributed by atoms with Gasteiger partial charge in [0.15, 0.2) is 0 Å². The highest BCUT2D eigenvalue weighted by Gasteiger charge is 2.27. The lowest BCUT2D eigenvalue weighted by Crippen LogP contribution is -2.15. The van der Waals surface area contributed by atoms with E-state index in [0.717, 1.165) is 37.4 Å². The van der Waals surface area contributed by atoms with Gasteiger partial charge in [-0.3, -0.25) is 4.21 Å². The van der Waals surface area contributed by atoms with Gasteiger partial charge in [-0.2, -0.15) is 0 Å². The maximum Gasteiger partial charge on any atom is 0.135 e. The van der Waals surface area contributed by atoms with Gasteiger partial charge in [0.25, 0.3) is 0 Å². The molecule has 4 nitrogen and oxygen atoms in total. The van der Waals surface area contributed by atoms with E-state index in [1.54, 1.807) is 12.3 Å². The topological polar surface area (TPSA) is 54.9 Å². The number of hydrogen-bond donors (Lipinski definition) is 1. The molecule has 1 saturated carbocycles. The third kappa shape index (κ3) is 3.92. The van der Waals surface area contributed by atoms with Gasteiger partial charge in [0.1, 0.15) is 16.8 Å². The van der Waals surface area contributed by atoms with Crippen molar-refractivity contribution in [1.82, 2.24) is 9.97 Å². The van der Waals surface area contributed by atoms with Gasteiger partial charge in [-0.05, 0) is 19.3 Å². The number of hydrogen-bond acceptors (Lipinski definition) is 4. The van der Waals surface area contributed by atoms with E-state index in [4.69, 9.17) is 11.6 Å². The zero-order valence-electron chi connectivity index (χ0n) is 10.6. The van der Waals surface area contributed by atoms with Crippen molar-refractivity contribution in [2.45, 2.75) is 37.4 Å². The molecule has 18 heavy (non-hydrogen) atoms. The molecule has 0 amide bonds. The first-order valence-corrected chi connectivity index (χ1v) is 8.16. The molecule has 1 aliphatic rings. The van der Waals surface area contributed by atoms with Crippen LogP contribution in [0.4, 0.5) is 5.82 Å². The van der Waals surface area contributed by atoms with Gasteiger partial charge in [0, 0.05) is 40.8 Å². The van der Waals surface area contributed by atoms with Crippen molar-refractivity contribution in [3.8, 4) is 0 Å². The SMILES string of the molecule is CC(CCNc1cc(Cl)nc(C2CC2)n1)S(C)=O. The monoisotopic (exact) mass is 287 g/mol. The molecule has 2 atom stereocenters. The van der Waals surface area contributed by atoms with E-state index in [2.05, 4.69) is 15.3 Å². The standard InChI is InChI=1S/C12H18ClN3OS/c1-8(18(2)17)5-6-14-11-7-10(13)15-12(16-11)9-3-4-9/h7-9H,3-6H2,1-2H3,(H,14,15,16). The molecule has 0 bridgehead atoms. The van der Waals surface area contributed by atoms with Gasteiger partial charge in [0.05, 0.1) is 0 Å². The first kappa shape index (κ1) is 13.7. The first-order chi connectivity index (χ1) is 8.56. The summed E-state index contributed by atoms with van der Waals surface area (Å²) in [6.45, 7) is 2.73. The number of nitrogens with one attached hydrogen (secondary N) is 1. The molecule has 0 aliphatic heterocycles. The zero-order chi connectivity index (χ0) is 13.1. The normalized spacial score (nSPS) is 18.4. The van der Waals surface area contributed by atoms with Crippen LogP contribution in [0.15, 0.2) is 6.07 Å². The van der Waals surface area contributed by atoms with Crippen molar-refractivity contribution in [2.24, 2.45) is 0 Å². The quantitative estimate of drug-likeness (QED) is 0.817. The minimum absolute atomic E-state index is 0.192. The maximum atomic E-state index is 11.2. The van der Waals surface area contributed by atoms with Crippen LogP contribution in [0.1, 0.15) is 37.9 Å². The van der Waals surface area contributed by atoms with Gasteiger partial charge in [-0.25, -0.2) is 9.97 Å². The summed E-state index contributed by atoms with van der Waals surface area (Å²) in [5, 5.41) is 3.90. The minimum Gasteiger partial charge on any atom is -0.370 e. The van der Waals surface area contributed by atoms with Gasteiger partial charge in [-0.1, -0.05) is 18.5 Å². The van der Waals surface area contributed by atoms with Crippen molar-refractivity contribution in [3.63, 3.8) is 0 Å². The molecule has 0 saturated heterocycles.